The van der Waals surface area contributed by atoms with Crippen LogP contribution >= 0.6 is 22.9 Å². The summed E-state index contributed by atoms with van der Waals surface area (Å²) in [5.41, 5.74) is 0. The predicted molar refractivity (Wildman–Crippen MR) is 68.2 cm³/mol. The van der Waals surface area contributed by atoms with Gasteiger partial charge in [0.1, 0.15) is 0 Å². The van der Waals surface area contributed by atoms with Gasteiger partial charge in [-0.15, -0.1) is 11.3 Å². The zero-order valence-corrected chi connectivity index (χ0v) is 10.9. The Morgan fingerprint density at radius 3 is 2.81 bits per heavy atom. The molecule has 16 heavy (non-hydrogen) atoms. The van der Waals surface area contributed by atoms with Gasteiger partial charge in [0.05, 0.1) is 9.21 Å². The minimum atomic E-state index is 0.0238. The smallest absolute Gasteiger partial charge is 0.261 e. The fourth-order valence-electron chi connectivity index (χ4n) is 2.21. The van der Waals surface area contributed by atoms with Crippen LogP contribution in [0.2, 0.25) is 4.34 Å². The standard InChI is InChI=1S/C12H16ClNOS/c1-8-4-2-3-5-9(8)14-12(15)10-6-7-11(13)16-10/h6-9H,2-5H2,1H3,(H,14,15). The monoisotopic (exact) mass is 257 g/mol. The van der Waals surface area contributed by atoms with Crippen LogP contribution in [0.3, 0.4) is 0 Å². The van der Waals surface area contributed by atoms with E-state index >= 15 is 0 Å². The Balaban J connectivity index is 1.96. The third kappa shape index (κ3) is 2.77. The Kier molecular flexibility index (Phi) is 3.87. The van der Waals surface area contributed by atoms with Gasteiger partial charge in [0.2, 0.25) is 0 Å². The van der Waals surface area contributed by atoms with E-state index in [9.17, 15) is 4.79 Å². The van der Waals surface area contributed by atoms with Gasteiger partial charge in [-0.25, -0.2) is 0 Å². The molecule has 1 heterocycles. The number of hydrogen-bond acceptors (Lipinski definition) is 2. The summed E-state index contributed by atoms with van der Waals surface area (Å²) in [6.45, 7) is 2.21. The molecule has 1 fully saturated rings. The molecule has 2 atom stereocenters. The average Bonchev–Trinajstić information content (AvgIpc) is 2.68. The maximum atomic E-state index is 11.9. The Labute approximate surface area is 105 Å². The molecule has 0 radical (unpaired) electrons. The third-order valence-corrected chi connectivity index (χ3v) is 4.45. The molecule has 1 N–H and O–H groups in total. The molecule has 2 unspecified atom stereocenters. The summed E-state index contributed by atoms with van der Waals surface area (Å²) in [4.78, 5) is 12.6. The number of rotatable bonds is 2. The number of hydrogen-bond donors (Lipinski definition) is 1. The van der Waals surface area contributed by atoms with Crippen LogP contribution in [-0.4, -0.2) is 11.9 Å². The first-order chi connectivity index (χ1) is 7.66. The fraction of sp³-hybridized carbons (Fsp3) is 0.583. The second-order valence-electron chi connectivity index (χ2n) is 4.45. The van der Waals surface area contributed by atoms with Crippen molar-refractivity contribution in [1.29, 1.82) is 0 Å². The molecule has 2 rings (SSSR count). The van der Waals surface area contributed by atoms with Crippen LogP contribution in [0.4, 0.5) is 0 Å². The predicted octanol–water partition coefficient (Wildman–Crippen LogP) is 3.71. The Morgan fingerprint density at radius 1 is 1.44 bits per heavy atom. The molecule has 1 aromatic rings. The summed E-state index contributed by atoms with van der Waals surface area (Å²) < 4.78 is 0.668. The summed E-state index contributed by atoms with van der Waals surface area (Å²) in [5, 5.41) is 3.11. The van der Waals surface area contributed by atoms with E-state index in [-0.39, 0.29) is 5.91 Å². The highest BCUT2D eigenvalue weighted by molar-refractivity contribution is 7.17. The van der Waals surface area contributed by atoms with Gasteiger partial charge in [-0.3, -0.25) is 4.79 Å². The molecule has 4 heteroatoms. The number of carbonyl (C=O) groups excluding carboxylic acids is 1. The minimum Gasteiger partial charge on any atom is -0.348 e. The van der Waals surface area contributed by atoms with Crippen LogP contribution < -0.4 is 5.32 Å². The second-order valence-corrected chi connectivity index (χ2v) is 6.16. The zero-order chi connectivity index (χ0) is 11.5. The lowest BCUT2D eigenvalue weighted by atomic mass is 9.86. The van der Waals surface area contributed by atoms with Crippen LogP contribution in [0.25, 0.3) is 0 Å². The van der Waals surface area contributed by atoms with Crippen LogP contribution in [0.1, 0.15) is 42.3 Å². The SMILES string of the molecule is CC1CCCCC1NC(=O)c1ccc(Cl)s1. The summed E-state index contributed by atoms with van der Waals surface area (Å²) in [5.74, 6) is 0.615. The van der Waals surface area contributed by atoms with Gasteiger partial charge in [0.25, 0.3) is 5.91 Å². The van der Waals surface area contributed by atoms with Gasteiger partial charge in [-0.2, -0.15) is 0 Å². The molecule has 0 aliphatic heterocycles. The van der Waals surface area contributed by atoms with Crippen molar-refractivity contribution in [3.8, 4) is 0 Å². The van der Waals surface area contributed by atoms with E-state index in [2.05, 4.69) is 12.2 Å². The molecule has 1 aromatic heterocycles. The number of carbonyl (C=O) groups is 1. The van der Waals surface area contributed by atoms with E-state index in [0.29, 0.717) is 21.2 Å². The Bertz CT molecular complexity index is 377. The topological polar surface area (TPSA) is 29.1 Å². The molecule has 88 valence electrons. The maximum absolute atomic E-state index is 11.9. The van der Waals surface area contributed by atoms with Gasteiger partial charge < -0.3 is 5.32 Å². The van der Waals surface area contributed by atoms with E-state index in [1.165, 1.54) is 30.6 Å². The van der Waals surface area contributed by atoms with E-state index in [0.717, 1.165) is 6.42 Å². The number of halogens is 1. The van der Waals surface area contributed by atoms with E-state index in [1.54, 1.807) is 12.1 Å². The molecule has 1 aliphatic rings. The summed E-state index contributed by atoms with van der Waals surface area (Å²) >= 11 is 7.15. The molecular weight excluding hydrogens is 242 g/mol. The molecule has 1 saturated carbocycles. The second kappa shape index (κ2) is 5.19. The molecule has 0 bridgehead atoms. The molecule has 2 nitrogen and oxygen atoms in total. The zero-order valence-electron chi connectivity index (χ0n) is 9.33. The molecule has 0 aromatic carbocycles. The van der Waals surface area contributed by atoms with E-state index in [4.69, 9.17) is 11.6 Å². The van der Waals surface area contributed by atoms with Gasteiger partial charge in [-0.1, -0.05) is 31.4 Å². The first-order valence-electron chi connectivity index (χ1n) is 5.73. The van der Waals surface area contributed by atoms with Crippen molar-refractivity contribution in [3.63, 3.8) is 0 Å². The molecule has 1 aliphatic carbocycles. The first-order valence-corrected chi connectivity index (χ1v) is 6.92. The maximum Gasteiger partial charge on any atom is 0.261 e. The quantitative estimate of drug-likeness (QED) is 0.860. The summed E-state index contributed by atoms with van der Waals surface area (Å²) in [7, 11) is 0. The van der Waals surface area contributed by atoms with E-state index in [1.807, 2.05) is 0 Å². The van der Waals surface area contributed by atoms with Gasteiger partial charge in [0, 0.05) is 6.04 Å². The van der Waals surface area contributed by atoms with Gasteiger partial charge in [0.15, 0.2) is 0 Å². The van der Waals surface area contributed by atoms with Gasteiger partial charge in [-0.05, 0) is 30.9 Å². The number of amides is 1. The van der Waals surface area contributed by atoms with Crippen molar-refractivity contribution in [3.05, 3.63) is 21.3 Å². The minimum absolute atomic E-state index is 0.0238. The van der Waals surface area contributed by atoms with E-state index < -0.39 is 0 Å². The molecule has 0 saturated heterocycles. The van der Waals surface area contributed by atoms with Crippen molar-refractivity contribution in [2.24, 2.45) is 5.92 Å². The molecular formula is C12H16ClNOS. The Hall–Kier alpha value is -0.540. The molecule has 1 amide bonds. The van der Waals surface area contributed by atoms with Crippen LogP contribution in [0.5, 0.6) is 0 Å². The normalized spacial score (nSPS) is 25.4. The largest absolute Gasteiger partial charge is 0.348 e. The highest BCUT2D eigenvalue weighted by Gasteiger charge is 2.23. The lowest BCUT2D eigenvalue weighted by molar-refractivity contribution is 0.0914. The van der Waals surface area contributed by atoms with Crippen molar-refractivity contribution in [1.82, 2.24) is 5.32 Å². The summed E-state index contributed by atoms with van der Waals surface area (Å²) in [6.07, 6.45) is 4.83. The first kappa shape index (κ1) is 11.9. The van der Waals surface area contributed by atoms with Crippen LogP contribution in [0.15, 0.2) is 12.1 Å². The fourth-order valence-corrected chi connectivity index (χ4v) is 3.15. The highest BCUT2D eigenvalue weighted by Crippen LogP contribution is 2.25. The third-order valence-electron chi connectivity index (χ3n) is 3.22. The lowest BCUT2D eigenvalue weighted by Gasteiger charge is -2.29. The molecule has 0 spiro atoms. The highest BCUT2D eigenvalue weighted by atomic mass is 35.5. The van der Waals surface area contributed by atoms with Crippen LogP contribution in [0, 0.1) is 5.92 Å². The van der Waals surface area contributed by atoms with Gasteiger partial charge >= 0.3 is 0 Å². The van der Waals surface area contributed by atoms with Crippen molar-refractivity contribution < 1.29 is 4.79 Å². The number of nitrogens with one attached hydrogen (secondary N) is 1. The summed E-state index contributed by atoms with van der Waals surface area (Å²) in [6, 6.07) is 3.89. The van der Waals surface area contributed by atoms with Crippen LogP contribution in [-0.2, 0) is 0 Å². The number of thiophene rings is 1. The van der Waals surface area contributed by atoms with Crippen molar-refractivity contribution >= 4 is 28.8 Å². The average molecular weight is 258 g/mol. The van der Waals surface area contributed by atoms with Crippen molar-refractivity contribution in [2.45, 2.75) is 38.6 Å². The lowest BCUT2D eigenvalue weighted by Crippen LogP contribution is -2.40. The Morgan fingerprint density at radius 2 is 2.19 bits per heavy atom. The van der Waals surface area contributed by atoms with Crippen molar-refractivity contribution in [2.75, 3.05) is 0 Å².